The minimum atomic E-state index is -0.175. The first-order chi connectivity index (χ1) is 10.7. The Kier molecular flexibility index (Phi) is 4.18. The Morgan fingerprint density at radius 2 is 1.86 bits per heavy atom. The van der Waals surface area contributed by atoms with Crippen LogP contribution in [0.3, 0.4) is 0 Å². The van der Waals surface area contributed by atoms with Gasteiger partial charge in [0, 0.05) is 31.4 Å². The number of hydrogen-bond acceptors (Lipinski definition) is 3. The molecule has 2 N–H and O–H groups in total. The average Bonchev–Trinajstić information content (AvgIpc) is 3.25. The van der Waals surface area contributed by atoms with Crippen LogP contribution < -0.4 is 5.32 Å². The van der Waals surface area contributed by atoms with Crippen molar-refractivity contribution in [2.75, 3.05) is 13.1 Å². The Hall–Kier alpha value is -2.63. The van der Waals surface area contributed by atoms with E-state index in [9.17, 15) is 9.59 Å². The van der Waals surface area contributed by atoms with Crippen molar-refractivity contribution in [1.82, 2.24) is 20.4 Å². The maximum atomic E-state index is 12.2. The zero-order valence-electron chi connectivity index (χ0n) is 12.2. The fraction of sp³-hybridized carbons (Fsp3) is 0.312. The maximum absolute atomic E-state index is 12.2. The molecule has 1 saturated heterocycles. The number of H-pyrrole nitrogens is 1. The van der Waals surface area contributed by atoms with Crippen molar-refractivity contribution >= 4 is 11.8 Å². The predicted octanol–water partition coefficient (Wildman–Crippen LogP) is 1.58. The highest BCUT2D eigenvalue weighted by atomic mass is 16.2. The Balaban J connectivity index is 1.57. The van der Waals surface area contributed by atoms with Gasteiger partial charge in [0.15, 0.2) is 0 Å². The summed E-state index contributed by atoms with van der Waals surface area (Å²) < 4.78 is 0. The topological polar surface area (TPSA) is 78.1 Å². The van der Waals surface area contributed by atoms with Gasteiger partial charge in [-0.3, -0.25) is 14.7 Å². The van der Waals surface area contributed by atoms with E-state index in [-0.39, 0.29) is 11.8 Å². The molecule has 0 saturated carbocycles. The third kappa shape index (κ3) is 3.16. The smallest absolute Gasteiger partial charge is 0.254 e. The molecular formula is C16H18N4O2. The van der Waals surface area contributed by atoms with E-state index in [0.29, 0.717) is 17.7 Å². The van der Waals surface area contributed by atoms with Gasteiger partial charge in [-0.1, -0.05) is 12.1 Å². The van der Waals surface area contributed by atoms with E-state index >= 15 is 0 Å². The molecule has 0 aliphatic carbocycles. The van der Waals surface area contributed by atoms with Crippen molar-refractivity contribution in [1.29, 1.82) is 0 Å². The second-order valence-electron chi connectivity index (χ2n) is 5.37. The molecule has 1 aliphatic heterocycles. The number of carbonyl (C=O) groups excluding carboxylic acids is 2. The quantitative estimate of drug-likeness (QED) is 0.899. The number of aromatic amines is 1. The number of amides is 2. The first kappa shape index (κ1) is 14.3. The molecule has 0 spiro atoms. The van der Waals surface area contributed by atoms with Gasteiger partial charge in [-0.2, -0.15) is 5.10 Å². The van der Waals surface area contributed by atoms with Gasteiger partial charge in [-0.15, -0.1) is 0 Å². The van der Waals surface area contributed by atoms with Crippen LogP contribution in [0.4, 0.5) is 0 Å². The van der Waals surface area contributed by atoms with Gasteiger partial charge in [-0.25, -0.2) is 0 Å². The molecular weight excluding hydrogens is 280 g/mol. The zero-order valence-corrected chi connectivity index (χ0v) is 12.2. The van der Waals surface area contributed by atoms with Crippen LogP contribution in [0.1, 0.15) is 39.1 Å². The van der Waals surface area contributed by atoms with Crippen LogP contribution in [0.5, 0.6) is 0 Å². The van der Waals surface area contributed by atoms with E-state index in [1.165, 1.54) is 6.20 Å². The minimum Gasteiger partial charge on any atom is -0.348 e. The summed E-state index contributed by atoms with van der Waals surface area (Å²) in [4.78, 5) is 25.9. The van der Waals surface area contributed by atoms with E-state index in [4.69, 9.17) is 0 Å². The number of nitrogens with zero attached hydrogens (tertiary/aromatic N) is 2. The molecule has 22 heavy (non-hydrogen) atoms. The number of rotatable bonds is 4. The van der Waals surface area contributed by atoms with Gasteiger partial charge in [0.1, 0.15) is 0 Å². The Labute approximate surface area is 128 Å². The SMILES string of the molecule is O=C(NCc1ccc(C(=O)N2CCCC2)cc1)c1cn[nH]c1. The van der Waals surface area contributed by atoms with Crippen molar-refractivity contribution in [3.05, 3.63) is 53.3 Å². The summed E-state index contributed by atoms with van der Waals surface area (Å²) in [5.41, 5.74) is 2.16. The van der Waals surface area contributed by atoms with Crippen LogP contribution in [-0.2, 0) is 6.54 Å². The number of hydrogen-bond donors (Lipinski definition) is 2. The summed E-state index contributed by atoms with van der Waals surface area (Å²) in [5.74, 6) is -0.0857. The average molecular weight is 298 g/mol. The molecule has 0 bridgehead atoms. The molecule has 3 rings (SSSR count). The summed E-state index contributed by atoms with van der Waals surface area (Å²) in [5, 5.41) is 9.15. The highest BCUT2D eigenvalue weighted by molar-refractivity contribution is 5.94. The maximum Gasteiger partial charge on any atom is 0.254 e. The molecule has 2 aromatic rings. The van der Waals surface area contributed by atoms with E-state index in [1.54, 1.807) is 6.20 Å². The van der Waals surface area contributed by atoms with Gasteiger partial charge in [0.2, 0.25) is 0 Å². The Morgan fingerprint density at radius 1 is 1.14 bits per heavy atom. The summed E-state index contributed by atoms with van der Waals surface area (Å²) >= 11 is 0. The lowest BCUT2D eigenvalue weighted by Crippen LogP contribution is -2.27. The number of nitrogens with one attached hydrogen (secondary N) is 2. The molecule has 2 heterocycles. The summed E-state index contributed by atoms with van der Waals surface area (Å²) in [6, 6.07) is 7.39. The van der Waals surface area contributed by atoms with E-state index in [2.05, 4.69) is 15.5 Å². The van der Waals surface area contributed by atoms with Gasteiger partial charge >= 0.3 is 0 Å². The van der Waals surface area contributed by atoms with Crippen LogP contribution in [0, 0.1) is 0 Å². The molecule has 1 fully saturated rings. The molecule has 114 valence electrons. The number of aromatic nitrogens is 2. The molecule has 6 nitrogen and oxygen atoms in total. The zero-order chi connectivity index (χ0) is 15.4. The van der Waals surface area contributed by atoms with Crippen LogP contribution >= 0.6 is 0 Å². The van der Waals surface area contributed by atoms with Crippen molar-refractivity contribution < 1.29 is 9.59 Å². The Morgan fingerprint density at radius 3 is 2.50 bits per heavy atom. The van der Waals surface area contributed by atoms with E-state index in [1.807, 2.05) is 29.2 Å². The fourth-order valence-electron chi connectivity index (χ4n) is 2.53. The van der Waals surface area contributed by atoms with E-state index < -0.39 is 0 Å². The third-order valence-corrected chi connectivity index (χ3v) is 3.81. The molecule has 0 unspecified atom stereocenters. The lowest BCUT2D eigenvalue weighted by molar-refractivity contribution is 0.0792. The molecule has 6 heteroatoms. The first-order valence-corrected chi connectivity index (χ1v) is 7.39. The molecule has 0 atom stereocenters. The van der Waals surface area contributed by atoms with Crippen molar-refractivity contribution in [2.24, 2.45) is 0 Å². The van der Waals surface area contributed by atoms with Gasteiger partial charge in [-0.05, 0) is 30.5 Å². The highest BCUT2D eigenvalue weighted by Crippen LogP contribution is 2.13. The summed E-state index contributed by atoms with van der Waals surface area (Å²) in [7, 11) is 0. The number of likely N-dealkylation sites (tertiary alicyclic amines) is 1. The second-order valence-corrected chi connectivity index (χ2v) is 5.37. The first-order valence-electron chi connectivity index (χ1n) is 7.39. The lowest BCUT2D eigenvalue weighted by atomic mass is 10.1. The standard InChI is InChI=1S/C16H18N4O2/c21-15(14-10-18-19-11-14)17-9-12-3-5-13(6-4-12)16(22)20-7-1-2-8-20/h3-6,10-11H,1-2,7-9H2,(H,17,21)(H,18,19). The fourth-order valence-corrected chi connectivity index (χ4v) is 2.53. The lowest BCUT2D eigenvalue weighted by Gasteiger charge is -2.15. The molecule has 1 aromatic carbocycles. The van der Waals surface area contributed by atoms with E-state index in [0.717, 1.165) is 31.5 Å². The highest BCUT2D eigenvalue weighted by Gasteiger charge is 2.19. The molecule has 2 amide bonds. The largest absolute Gasteiger partial charge is 0.348 e. The minimum absolute atomic E-state index is 0.0893. The molecule has 1 aromatic heterocycles. The van der Waals surface area contributed by atoms with Crippen LogP contribution in [0.2, 0.25) is 0 Å². The van der Waals surface area contributed by atoms with Gasteiger partial charge in [0.05, 0.1) is 11.8 Å². The number of carbonyl (C=O) groups is 2. The summed E-state index contributed by atoms with van der Waals surface area (Å²) in [6.07, 6.45) is 5.20. The van der Waals surface area contributed by atoms with Gasteiger partial charge < -0.3 is 10.2 Å². The second kappa shape index (κ2) is 6.43. The monoisotopic (exact) mass is 298 g/mol. The van der Waals surface area contributed by atoms with Crippen molar-refractivity contribution in [3.8, 4) is 0 Å². The van der Waals surface area contributed by atoms with Crippen LogP contribution in [-0.4, -0.2) is 40.0 Å². The van der Waals surface area contributed by atoms with Crippen LogP contribution in [0.15, 0.2) is 36.7 Å². The van der Waals surface area contributed by atoms with Crippen molar-refractivity contribution in [3.63, 3.8) is 0 Å². The molecule has 0 radical (unpaired) electrons. The number of benzene rings is 1. The normalized spacial score (nSPS) is 14.1. The van der Waals surface area contributed by atoms with Gasteiger partial charge in [0.25, 0.3) is 11.8 Å². The molecule has 1 aliphatic rings. The van der Waals surface area contributed by atoms with Crippen LogP contribution in [0.25, 0.3) is 0 Å². The Bertz CT molecular complexity index is 643. The van der Waals surface area contributed by atoms with Crippen molar-refractivity contribution in [2.45, 2.75) is 19.4 Å². The summed E-state index contributed by atoms with van der Waals surface area (Å²) in [6.45, 7) is 2.12. The predicted molar refractivity (Wildman–Crippen MR) is 81.3 cm³/mol. The third-order valence-electron chi connectivity index (χ3n) is 3.81.